The summed E-state index contributed by atoms with van der Waals surface area (Å²) in [5.41, 5.74) is 3.74. The van der Waals surface area contributed by atoms with Crippen LogP contribution < -0.4 is 5.32 Å². The van der Waals surface area contributed by atoms with Gasteiger partial charge in [-0.25, -0.2) is 0 Å². The molecule has 0 spiro atoms. The van der Waals surface area contributed by atoms with E-state index in [9.17, 15) is 9.90 Å². The van der Waals surface area contributed by atoms with Gasteiger partial charge in [-0.1, -0.05) is 17.7 Å². The van der Waals surface area contributed by atoms with E-state index in [-0.39, 0.29) is 19.1 Å². The molecular weight excluding hydrogens is 242 g/mol. The molecule has 0 bridgehead atoms. The molecule has 4 nitrogen and oxygen atoms in total. The maximum atomic E-state index is 12.1. The number of carbonyl (C=O) groups excluding carboxylic acids is 1. The summed E-state index contributed by atoms with van der Waals surface area (Å²) >= 11 is 0. The van der Waals surface area contributed by atoms with Crippen molar-refractivity contribution in [1.29, 1.82) is 0 Å². The minimum absolute atomic E-state index is 0.148. The summed E-state index contributed by atoms with van der Waals surface area (Å²) < 4.78 is 5.10. The second-order valence-corrected chi connectivity index (χ2v) is 4.80. The molecule has 1 atom stereocenters. The highest BCUT2D eigenvalue weighted by molar-refractivity contribution is 5.97. The van der Waals surface area contributed by atoms with Crippen LogP contribution in [0.25, 0.3) is 0 Å². The number of rotatable bonds is 6. The second kappa shape index (κ2) is 7.26. The Morgan fingerprint density at radius 3 is 2.42 bits per heavy atom. The van der Waals surface area contributed by atoms with Crippen molar-refractivity contribution in [2.45, 2.75) is 33.8 Å². The first kappa shape index (κ1) is 15.7. The molecule has 0 aliphatic heterocycles. The summed E-state index contributed by atoms with van der Waals surface area (Å²) in [4.78, 5) is 12.1. The Kier molecular flexibility index (Phi) is 5.99. The lowest BCUT2D eigenvalue weighted by molar-refractivity contribution is 0.0418. The summed E-state index contributed by atoms with van der Waals surface area (Å²) in [5.74, 6) is -0.148. The molecule has 0 aliphatic rings. The lowest BCUT2D eigenvalue weighted by Crippen LogP contribution is -2.35. The zero-order valence-corrected chi connectivity index (χ0v) is 12.1. The van der Waals surface area contributed by atoms with Crippen LogP contribution in [-0.4, -0.2) is 36.9 Å². The van der Waals surface area contributed by atoms with Gasteiger partial charge in [0.15, 0.2) is 0 Å². The number of aryl methyl sites for hydroxylation is 3. The zero-order valence-electron chi connectivity index (χ0n) is 12.1. The fraction of sp³-hybridized carbons (Fsp3) is 0.533. The quantitative estimate of drug-likeness (QED) is 0.823. The van der Waals surface area contributed by atoms with E-state index in [1.165, 1.54) is 0 Å². The molecule has 0 heterocycles. The van der Waals surface area contributed by atoms with E-state index in [0.29, 0.717) is 12.2 Å². The molecule has 1 rings (SSSR count). The van der Waals surface area contributed by atoms with Gasteiger partial charge in [-0.05, 0) is 38.8 Å². The monoisotopic (exact) mass is 265 g/mol. The van der Waals surface area contributed by atoms with Gasteiger partial charge in [-0.2, -0.15) is 0 Å². The Morgan fingerprint density at radius 2 is 1.89 bits per heavy atom. The van der Waals surface area contributed by atoms with Crippen molar-refractivity contribution in [2.24, 2.45) is 0 Å². The van der Waals surface area contributed by atoms with Gasteiger partial charge < -0.3 is 15.2 Å². The Balaban J connectivity index is 2.64. The van der Waals surface area contributed by atoms with Crippen LogP contribution in [0.4, 0.5) is 0 Å². The van der Waals surface area contributed by atoms with Crippen molar-refractivity contribution < 1.29 is 14.6 Å². The highest BCUT2D eigenvalue weighted by atomic mass is 16.5. The third-order valence-corrected chi connectivity index (χ3v) is 2.92. The van der Waals surface area contributed by atoms with Gasteiger partial charge in [-0.15, -0.1) is 0 Å². The molecule has 0 saturated carbocycles. The normalized spacial score (nSPS) is 12.3. The molecule has 0 fully saturated rings. The predicted molar refractivity (Wildman–Crippen MR) is 75.5 cm³/mol. The molecule has 4 heteroatoms. The van der Waals surface area contributed by atoms with Gasteiger partial charge in [-0.3, -0.25) is 4.79 Å². The van der Waals surface area contributed by atoms with Crippen LogP contribution in [0.5, 0.6) is 0 Å². The molecule has 1 aromatic rings. The first-order valence-electron chi connectivity index (χ1n) is 6.57. The molecule has 0 unspecified atom stereocenters. The Morgan fingerprint density at radius 1 is 1.32 bits per heavy atom. The maximum Gasteiger partial charge on any atom is 0.251 e. The molecule has 0 aromatic heterocycles. The van der Waals surface area contributed by atoms with E-state index in [0.717, 1.165) is 16.7 Å². The third-order valence-electron chi connectivity index (χ3n) is 2.92. The summed E-state index contributed by atoms with van der Waals surface area (Å²) in [7, 11) is 0. The molecule has 0 radical (unpaired) electrons. The Bertz CT molecular complexity index is 420. The number of nitrogens with one attached hydrogen (secondary N) is 1. The van der Waals surface area contributed by atoms with Gasteiger partial charge in [0.1, 0.15) is 0 Å². The molecule has 106 valence electrons. The summed E-state index contributed by atoms with van der Waals surface area (Å²) in [6.45, 7) is 8.71. The number of aliphatic hydroxyl groups excluding tert-OH is 1. The largest absolute Gasteiger partial charge is 0.389 e. The van der Waals surface area contributed by atoms with Gasteiger partial charge in [0.05, 0.1) is 12.7 Å². The topological polar surface area (TPSA) is 58.6 Å². The first-order chi connectivity index (χ1) is 8.95. The van der Waals surface area contributed by atoms with E-state index in [1.54, 1.807) is 0 Å². The SMILES string of the molecule is CCOC[C@H](O)CNC(=O)c1c(C)cc(C)cc1C. The smallest absolute Gasteiger partial charge is 0.251 e. The summed E-state index contributed by atoms with van der Waals surface area (Å²) in [6.07, 6.45) is -0.671. The second-order valence-electron chi connectivity index (χ2n) is 4.80. The third kappa shape index (κ3) is 4.65. The van der Waals surface area contributed by atoms with E-state index >= 15 is 0 Å². The fourth-order valence-corrected chi connectivity index (χ4v) is 2.15. The van der Waals surface area contributed by atoms with Crippen molar-refractivity contribution in [2.75, 3.05) is 19.8 Å². The van der Waals surface area contributed by atoms with Crippen LogP contribution in [0.3, 0.4) is 0 Å². The number of carbonyl (C=O) groups is 1. The zero-order chi connectivity index (χ0) is 14.4. The van der Waals surface area contributed by atoms with Crippen molar-refractivity contribution in [3.05, 3.63) is 34.4 Å². The highest BCUT2D eigenvalue weighted by Gasteiger charge is 2.14. The van der Waals surface area contributed by atoms with Crippen LogP contribution in [0.1, 0.15) is 34.0 Å². The van der Waals surface area contributed by atoms with Crippen molar-refractivity contribution >= 4 is 5.91 Å². The molecule has 19 heavy (non-hydrogen) atoms. The van der Waals surface area contributed by atoms with E-state index in [1.807, 2.05) is 39.8 Å². The van der Waals surface area contributed by atoms with Gasteiger partial charge in [0.2, 0.25) is 0 Å². The van der Waals surface area contributed by atoms with Gasteiger partial charge in [0, 0.05) is 18.7 Å². The highest BCUT2D eigenvalue weighted by Crippen LogP contribution is 2.16. The molecular formula is C15H23NO3. The van der Waals surface area contributed by atoms with Gasteiger partial charge in [0.25, 0.3) is 5.91 Å². The van der Waals surface area contributed by atoms with Crippen molar-refractivity contribution in [3.8, 4) is 0 Å². The van der Waals surface area contributed by atoms with E-state index < -0.39 is 6.10 Å². The van der Waals surface area contributed by atoms with Crippen LogP contribution in [0.15, 0.2) is 12.1 Å². The van der Waals surface area contributed by atoms with Crippen molar-refractivity contribution in [3.63, 3.8) is 0 Å². The average Bonchev–Trinajstić information content (AvgIpc) is 2.32. The number of amides is 1. The fourth-order valence-electron chi connectivity index (χ4n) is 2.15. The minimum Gasteiger partial charge on any atom is -0.389 e. The number of ether oxygens (including phenoxy) is 1. The summed E-state index contributed by atoms with van der Waals surface area (Å²) in [5, 5.41) is 12.4. The Hall–Kier alpha value is -1.39. The summed E-state index contributed by atoms with van der Waals surface area (Å²) in [6, 6.07) is 3.97. The van der Waals surface area contributed by atoms with E-state index in [4.69, 9.17) is 4.74 Å². The van der Waals surface area contributed by atoms with Crippen LogP contribution in [0.2, 0.25) is 0 Å². The predicted octanol–water partition coefficient (Wildman–Crippen LogP) is 1.74. The van der Waals surface area contributed by atoms with Crippen LogP contribution in [-0.2, 0) is 4.74 Å². The average molecular weight is 265 g/mol. The molecule has 0 saturated heterocycles. The number of hydrogen-bond acceptors (Lipinski definition) is 3. The number of hydrogen-bond donors (Lipinski definition) is 2. The van der Waals surface area contributed by atoms with Crippen LogP contribution >= 0.6 is 0 Å². The lowest BCUT2D eigenvalue weighted by Gasteiger charge is -2.14. The number of benzene rings is 1. The minimum atomic E-state index is -0.671. The molecule has 1 amide bonds. The maximum absolute atomic E-state index is 12.1. The van der Waals surface area contributed by atoms with Crippen LogP contribution in [0, 0.1) is 20.8 Å². The standard InChI is InChI=1S/C15H23NO3/c1-5-19-9-13(17)8-16-15(18)14-11(3)6-10(2)7-12(14)4/h6-7,13,17H,5,8-9H2,1-4H3,(H,16,18)/t13-/m1/s1. The molecule has 1 aromatic carbocycles. The molecule has 0 aliphatic carbocycles. The lowest BCUT2D eigenvalue weighted by atomic mass is 9.99. The molecule has 2 N–H and O–H groups in total. The van der Waals surface area contributed by atoms with E-state index in [2.05, 4.69) is 5.32 Å². The Labute approximate surface area is 114 Å². The van der Waals surface area contributed by atoms with Crippen molar-refractivity contribution in [1.82, 2.24) is 5.32 Å². The first-order valence-corrected chi connectivity index (χ1v) is 6.57. The van der Waals surface area contributed by atoms with Gasteiger partial charge >= 0.3 is 0 Å². The number of aliphatic hydroxyl groups is 1.